The zero-order valence-electron chi connectivity index (χ0n) is 27.9. The molecule has 14 heteroatoms. The van der Waals surface area contributed by atoms with Crippen LogP contribution in [-0.2, 0) is 25.5 Å². The number of allylic oxidation sites excluding steroid dienone is 1. The Kier molecular flexibility index (Phi) is 11.2. The molecule has 1 saturated heterocycles. The topological polar surface area (TPSA) is 195 Å². The first kappa shape index (κ1) is 35.1. The smallest absolute Gasteiger partial charge is 0.262 e. The third-order valence-electron chi connectivity index (χ3n) is 8.84. The number of fused-ring (bicyclic) bond motifs is 2. The largest absolute Gasteiger partial charge is 0.491 e. The van der Waals surface area contributed by atoms with Crippen LogP contribution in [0.15, 0.2) is 71.1 Å². The van der Waals surface area contributed by atoms with Crippen LogP contribution in [0.1, 0.15) is 68.7 Å². The Bertz CT molecular complexity index is 1910. The van der Waals surface area contributed by atoms with Crippen molar-refractivity contribution in [3.8, 4) is 5.75 Å². The monoisotopic (exact) mass is 694 g/mol. The minimum atomic E-state index is -1.02. The molecule has 1 aliphatic carbocycles. The van der Waals surface area contributed by atoms with E-state index in [0.29, 0.717) is 56.4 Å². The summed E-state index contributed by atoms with van der Waals surface area (Å²) in [6, 6.07) is 13.3. The number of carbonyl (C=O) groups excluding carboxylic acids is 4. The molecule has 6 rings (SSSR count). The third kappa shape index (κ3) is 8.03. The van der Waals surface area contributed by atoms with Gasteiger partial charge in [0.15, 0.2) is 0 Å². The van der Waals surface area contributed by atoms with Crippen molar-refractivity contribution in [2.75, 3.05) is 39.6 Å². The van der Waals surface area contributed by atoms with Crippen molar-refractivity contribution in [3.63, 3.8) is 0 Å². The summed E-state index contributed by atoms with van der Waals surface area (Å²) in [6.45, 7) is 2.28. The van der Waals surface area contributed by atoms with E-state index >= 15 is 0 Å². The lowest BCUT2D eigenvalue weighted by atomic mass is 9.97. The number of pyridine rings is 1. The summed E-state index contributed by atoms with van der Waals surface area (Å²) >= 11 is 0. The van der Waals surface area contributed by atoms with Crippen LogP contribution in [0, 0.1) is 0 Å². The van der Waals surface area contributed by atoms with Crippen LogP contribution >= 0.6 is 0 Å². The molecule has 3 heterocycles. The van der Waals surface area contributed by atoms with Crippen LogP contribution in [-0.4, -0.2) is 96.3 Å². The molecule has 3 aromatic rings. The number of nitrogens with zero attached hydrogens (tertiary/aromatic N) is 4. The molecule has 1 unspecified atom stereocenters. The van der Waals surface area contributed by atoms with E-state index in [0.717, 1.165) is 39.1 Å². The lowest BCUT2D eigenvalue weighted by Crippen LogP contribution is -2.54. The first-order valence-corrected chi connectivity index (χ1v) is 16.7. The van der Waals surface area contributed by atoms with Crippen LogP contribution in [0.25, 0.3) is 11.3 Å². The van der Waals surface area contributed by atoms with Crippen LogP contribution in [0.4, 0.5) is 0 Å². The number of piperidine rings is 1. The molecular formula is C37H38N6O8. The SMILES string of the molecule is NC(=C(C=NCCCOCCOCCOc1ccc2c(c1)C(=O)N(C1CCC(=O)NC1=O)C2=O)c1ccc2c(c1)CC/C2=N\O)c1ccncc1. The number of imide groups is 2. The summed E-state index contributed by atoms with van der Waals surface area (Å²) in [5, 5.41) is 14.9. The Balaban J connectivity index is 0.905. The molecule has 2 aliphatic heterocycles. The Morgan fingerprint density at radius 1 is 0.882 bits per heavy atom. The first-order chi connectivity index (χ1) is 24.9. The lowest BCUT2D eigenvalue weighted by Gasteiger charge is -2.27. The second kappa shape index (κ2) is 16.3. The van der Waals surface area contributed by atoms with Gasteiger partial charge in [-0.15, -0.1) is 0 Å². The fraction of sp³-hybridized carbons (Fsp3) is 0.324. The maximum Gasteiger partial charge on any atom is 0.262 e. The molecule has 4 N–H and O–H groups in total. The maximum absolute atomic E-state index is 13.0. The number of aryl methyl sites for hydroxylation is 1. The molecule has 1 aromatic heterocycles. The number of amides is 4. The number of carbonyl (C=O) groups is 4. The van der Waals surface area contributed by atoms with E-state index in [1.807, 2.05) is 24.3 Å². The zero-order valence-corrected chi connectivity index (χ0v) is 27.9. The molecule has 51 heavy (non-hydrogen) atoms. The minimum absolute atomic E-state index is 0.0581. The number of hydrogen-bond donors (Lipinski definition) is 3. The number of ether oxygens (including phenoxy) is 3. The van der Waals surface area contributed by atoms with Gasteiger partial charge in [0, 0.05) is 60.6 Å². The Morgan fingerprint density at radius 2 is 1.63 bits per heavy atom. The second-order valence-corrected chi connectivity index (χ2v) is 12.1. The van der Waals surface area contributed by atoms with Crippen LogP contribution < -0.4 is 15.8 Å². The summed E-state index contributed by atoms with van der Waals surface area (Å²) in [4.78, 5) is 59.2. The highest BCUT2D eigenvalue weighted by Crippen LogP contribution is 2.31. The second-order valence-electron chi connectivity index (χ2n) is 12.1. The van der Waals surface area contributed by atoms with Gasteiger partial charge in [0.25, 0.3) is 11.8 Å². The number of oxime groups is 1. The van der Waals surface area contributed by atoms with Gasteiger partial charge in [-0.05, 0) is 67.1 Å². The number of benzene rings is 2. The molecule has 264 valence electrons. The number of aliphatic imine (C=N–C) groups is 1. The van der Waals surface area contributed by atoms with Crippen molar-refractivity contribution in [1.82, 2.24) is 15.2 Å². The summed E-state index contributed by atoms with van der Waals surface area (Å²) in [5.74, 6) is -1.84. The lowest BCUT2D eigenvalue weighted by molar-refractivity contribution is -0.136. The van der Waals surface area contributed by atoms with Gasteiger partial charge < -0.3 is 25.2 Å². The average Bonchev–Trinajstić information content (AvgIpc) is 3.67. The van der Waals surface area contributed by atoms with Crippen molar-refractivity contribution in [2.45, 2.75) is 38.1 Å². The highest BCUT2D eigenvalue weighted by molar-refractivity contribution is 6.23. The summed E-state index contributed by atoms with van der Waals surface area (Å²) < 4.78 is 17.0. The molecule has 0 saturated carbocycles. The van der Waals surface area contributed by atoms with Crippen molar-refractivity contribution in [3.05, 3.63) is 94.3 Å². The highest BCUT2D eigenvalue weighted by Gasteiger charge is 2.44. The molecule has 0 bridgehead atoms. The van der Waals surface area contributed by atoms with E-state index in [-0.39, 0.29) is 37.2 Å². The predicted molar refractivity (Wildman–Crippen MR) is 187 cm³/mol. The van der Waals surface area contributed by atoms with Gasteiger partial charge in [0.2, 0.25) is 11.8 Å². The van der Waals surface area contributed by atoms with Gasteiger partial charge in [-0.1, -0.05) is 23.4 Å². The molecule has 0 radical (unpaired) electrons. The third-order valence-corrected chi connectivity index (χ3v) is 8.84. The van der Waals surface area contributed by atoms with Gasteiger partial charge >= 0.3 is 0 Å². The fourth-order valence-electron chi connectivity index (χ4n) is 6.22. The number of aromatic nitrogens is 1. The molecule has 4 amide bonds. The molecule has 3 aliphatic rings. The number of nitrogens with two attached hydrogens (primary N) is 1. The molecule has 1 atom stereocenters. The Hall–Kier alpha value is -5.73. The van der Waals surface area contributed by atoms with E-state index in [9.17, 15) is 24.4 Å². The minimum Gasteiger partial charge on any atom is -0.491 e. The van der Waals surface area contributed by atoms with Gasteiger partial charge in [0.1, 0.15) is 18.4 Å². The maximum atomic E-state index is 13.0. The van der Waals surface area contributed by atoms with Gasteiger partial charge in [-0.2, -0.15) is 0 Å². The van der Waals surface area contributed by atoms with E-state index in [1.54, 1.807) is 24.7 Å². The quantitative estimate of drug-likeness (QED) is 0.0700. The van der Waals surface area contributed by atoms with Crippen molar-refractivity contribution < 1.29 is 38.6 Å². The normalized spacial score (nSPS) is 18.3. The van der Waals surface area contributed by atoms with E-state index in [4.69, 9.17) is 19.9 Å². The predicted octanol–water partition coefficient (Wildman–Crippen LogP) is 3.01. The Labute approximate surface area is 294 Å². The van der Waals surface area contributed by atoms with Crippen LogP contribution in [0.5, 0.6) is 5.75 Å². The number of rotatable bonds is 15. The van der Waals surface area contributed by atoms with E-state index in [2.05, 4.69) is 26.5 Å². The fourth-order valence-corrected chi connectivity index (χ4v) is 6.22. The molecule has 2 aromatic carbocycles. The molecule has 0 spiro atoms. The van der Waals surface area contributed by atoms with Crippen LogP contribution in [0.2, 0.25) is 0 Å². The number of hydrogen-bond acceptors (Lipinski definition) is 12. The average molecular weight is 695 g/mol. The molecule has 1 fully saturated rings. The first-order valence-electron chi connectivity index (χ1n) is 16.7. The summed E-state index contributed by atoms with van der Waals surface area (Å²) in [7, 11) is 0. The molecular weight excluding hydrogens is 656 g/mol. The van der Waals surface area contributed by atoms with Gasteiger partial charge in [-0.3, -0.25) is 39.4 Å². The van der Waals surface area contributed by atoms with E-state index < -0.39 is 29.7 Å². The van der Waals surface area contributed by atoms with Crippen LogP contribution in [0.3, 0.4) is 0 Å². The summed E-state index contributed by atoms with van der Waals surface area (Å²) in [6.07, 6.45) is 7.52. The molecule has 14 nitrogen and oxygen atoms in total. The van der Waals surface area contributed by atoms with Gasteiger partial charge in [-0.25, -0.2) is 0 Å². The highest BCUT2D eigenvalue weighted by atomic mass is 16.5. The Morgan fingerprint density at radius 3 is 2.41 bits per heavy atom. The zero-order chi connectivity index (χ0) is 35.7. The van der Waals surface area contributed by atoms with Gasteiger partial charge in [0.05, 0.1) is 36.7 Å². The van der Waals surface area contributed by atoms with E-state index in [1.165, 1.54) is 12.1 Å². The van der Waals surface area contributed by atoms with Crippen molar-refractivity contribution in [1.29, 1.82) is 0 Å². The van der Waals surface area contributed by atoms with Crippen molar-refractivity contribution >= 4 is 46.8 Å². The summed E-state index contributed by atoms with van der Waals surface area (Å²) in [5.41, 5.74) is 12.8. The number of nitrogens with one attached hydrogen (secondary N) is 1. The standard InChI is InChI=1S/C37H38N6O8/c38-34(23-10-13-39-14-11-23)30(25-2-5-27-24(20-25)3-7-31(27)42-48)22-40-12-1-15-49-16-17-50-18-19-51-26-4-6-28-29(21-26)37(47)43(36(28)46)32-8-9-33(44)41-35(32)45/h2,4-6,10-11,13-14,20-22,32,48H,1,3,7-9,12,15-19,38H2,(H,41,44,45)/b34-30?,40-22?,42-31+. The van der Waals surface area contributed by atoms with Crippen molar-refractivity contribution in [2.24, 2.45) is 15.9 Å².